The Morgan fingerprint density at radius 3 is 2.52 bits per heavy atom. The highest BCUT2D eigenvalue weighted by molar-refractivity contribution is 7.89. The van der Waals surface area contributed by atoms with Crippen molar-refractivity contribution in [3.63, 3.8) is 0 Å². The number of hydrogen-bond acceptors (Lipinski definition) is 3. The van der Waals surface area contributed by atoms with Gasteiger partial charge in [0.1, 0.15) is 5.82 Å². The zero-order valence-electron chi connectivity index (χ0n) is 11.8. The maximum Gasteiger partial charge on any atom is 0.416 e. The number of nitrogens with two attached hydrogens (primary N) is 1. The molecule has 23 heavy (non-hydrogen) atoms. The Morgan fingerprint density at radius 1 is 1.30 bits per heavy atom. The SMILES string of the molecule is NS(=O)(=O)CC1CC(=O)N(Cc2ccc(F)cc2C(F)(F)F)C1. The number of carbonyl (C=O) groups excluding carboxylic acids is 1. The molecule has 1 fully saturated rings. The van der Waals surface area contributed by atoms with Crippen LogP contribution in [0, 0.1) is 11.7 Å². The quantitative estimate of drug-likeness (QED) is 0.832. The zero-order valence-corrected chi connectivity index (χ0v) is 12.6. The molecule has 0 saturated carbocycles. The zero-order chi connectivity index (χ0) is 17.4. The van der Waals surface area contributed by atoms with Crippen molar-refractivity contribution in [3.8, 4) is 0 Å². The van der Waals surface area contributed by atoms with E-state index in [2.05, 4.69) is 0 Å². The lowest BCUT2D eigenvalue weighted by Gasteiger charge is -2.20. The molecule has 1 unspecified atom stereocenters. The Bertz CT molecular complexity index is 718. The molecule has 0 aliphatic carbocycles. The van der Waals surface area contributed by atoms with Gasteiger partial charge in [-0.25, -0.2) is 17.9 Å². The fourth-order valence-electron chi connectivity index (χ4n) is 2.60. The summed E-state index contributed by atoms with van der Waals surface area (Å²) in [6, 6.07) is 2.23. The Labute approximate surface area is 130 Å². The number of rotatable bonds is 4. The Morgan fingerprint density at radius 2 is 1.96 bits per heavy atom. The normalized spacial score (nSPS) is 19.4. The molecule has 10 heteroatoms. The first-order chi connectivity index (χ1) is 10.5. The van der Waals surface area contributed by atoms with Crippen molar-refractivity contribution in [1.82, 2.24) is 4.90 Å². The maximum absolute atomic E-state index is 13.1. The first-order valence-electron chi connectivity index (χ1n) is 6.59. The summed E-state index contributed by atoms with van der Waals surface area (Å²) in [5.74, 6) is -2.46. The number of sulfonamides is 1. The summed E-state index contributed by atoms with van der Waals surface area (Å²) in [6.45, 7) is -0.376. The molecule has 1 amide bonds. The van der Waals surface area contributed by atoms with E-state index < -0.39 is 45.2 Å². The summed E-state index contributed by atoms with van der Waals surface area (Å²) >= 11 is 0. The number of amides is 1. The average molecular weight is 354 g/mol. The molecule has 1 atom stereocenters. The molecule has 128 valence electrons. The van der Waals surface area contributed by atoms with E-state index in [0.717, 1.165) is 17.0 Å². The number of likely N-dealkylation sites (tertiary alicyclic amines) is 1. The lowest BCUT2D eigenvalue weighted by molar-refractivity contribution is -0.139. The number of alkyl halides is 3. The third-order valence-corrected chi connectivity index (χ3v) is 4.44. The van der Waals surface area contributed by atoms with Gasteiger partial charge in [-0.2, -0.15) is 13.2 Å². The van der Waals surface area contributed by atoms with Gasteiger partial charge in [0.2, 0.25) is 15.9 Å². The van der Waals surface area contributed by atoms with Gasteiger partial charge in [0.15, 0.2) is 0 Å². The molecular weight excluding hydrogens is 340 g/mol. The van der Waals surface area contributed by atoms with Crippen LogP contribution in [0.2, 0.25) is 0 Å². The standard InChI is InChI=1S/C13H14F4N2O3S/c14-10-2-1-9(11(4-10)13(15,16)17)6-19-5-8(3-12(19)20)7-23(18,21)22/h1-2,4,8H,3,5-7H2,(H2,18,21,22). The van der Waals surface area contributed by atoms with Gasteiger partial charge in [-0.15, -0.1) is 0 Å². The summed E-state index contributed by atoms with van der Waals surface area (Å²) in [7, 11) is -3.77. The first kappa shape index (κ1) is 17.7. The molecule has 0 bridgehead atoms. The summed E-state index contributed by atoms with van der Waals surface area (Å²) in [6.07, 6.45) is -4.85. The maximum atomic E-state index is 13.1. The second-order valence-corrected chi connectivity index (χ2v) is 7.13. The van der Waals surface area contributed by atoms with Crippen molar-refractivity contribution in [2.75, 3.05) is 12.3 Å². The minimum absolute atomic E-state index is 0.00998. The smallest absolute Gasteiger partial charge is 0.338 e. The lowest BCUT2D eigenvalue weighted by atomic mass is 10.1. The molecule has 1 aromatic carbocycles. The van der Waals surface area contributed by atoms with E-state index in [-0.39, 0.29) is 25.1 Å². The topological polar surface area (TPSA) is 80.5 Å². The molecule has 1 saturated heterocycles. The van der Waals surface area contributed by atoms with Crippen molar-refractivity contribution >= 4 is 15.9 Å². The Kier molecular flexibility index (Phi) is 4.67. The predicted octanol–water partition coefficient (Wildman–Crippen LogP) is 1.48. The van der Waals surface area contributed by atoms with Gasteiger partial charge < -0.3 is 4.90 Å². The fraction of sp³-hybridized carbons (Fsp3) is 0.462. The highest BCUT2D eigenvalue weighted by atomic mass is 32.2. The Balaban J connectivity index is 2.19. The monoisotopic (exact) mass is 354 g/mol. The molecule has 1 heterocycles. The van der Waals surface area contributed by atoms with E-state index in [9.17, 15) is 30.8 Å². The molecule has 1 aliphatic rings. The van der Waals surface area contributed by atoms with Gasteiger partial charge in [-0.1, -0.05) is 6.07 Å². The number of hydrogen-bond donors (Lipinski definition) is 1. The van der Waals surface area contributed by atoms with Crippen molar-refractivity contribution in [3.05, 3.63) is 35.1 Å². The van der Waals surface area contributed by atoms with E-state index >= 15 is 0 Å². The molecule has 1 aliphatic heterocycles. The first-order valence-corrected chi connectivity index (χ1v) is 8.31. The molecule has 2 N–H and O–H groups in total. The molecule has 5 nitrogen and oxygen atoms in total. The molecule has 1 aromatic rings. The van der Waals surface area contributed by atoms with Gasteiger partial charge >= 0.3 is 6.18 Å². The number of nitrogens with zero attached hydrogens (tertiary/aromatic N) is 1. The van der Waals surface area contributed by atoms with Crippen molar-refractivity contribution in [2.24, 2.45) is 11.1 Å². The number of halogens is 4. The van der Waals surface area contributed by atoms with E-state index in [1.165, 1.54) is 0 Å². The van der Waals surface area contributed by atoms with Crippen LogP contribution in [-0.4, -0.2) is 31.5 Å². The second kappa shape index (κ2) is 6.08. The predicted molar refractivity (Wildman–Crippen MR) is 72.9 cm³/mol. The largest absolute Gasteiger partial charge is 0.416 e. The summed E-state index contributed by atoms with van der Waals surface area (Å²) in [5, 5.41) is 4.91. The molecular formula is C13H14F4N2O3S. The van der Waals surface area contributed by atoms with Gasteiger partial charge in [-0.05, 0) is 17.7 Å². The summed E-state index contributed by atoms with van der Waals surface area (Å²) < 4.78 is 73.9. The Hall–Kier alpha value is -1.68. The van der Waals surface area contributed by atoms with Crippen LogP contribution >= 0.6 is 0 Å². The fourth-order valence-corrected chi connectivity index (χ4v) is 3.48. The van der Waals surface area contributed by atoms with Gasteiger partial charge in [0.05, 0.1) is 11.3 Å². The van der Waals surface area contributed by atoms with Crippen LogP contribution in [0.5, 0.6) is 0 Å². The highest BCUT2D eigenvalue weighted by Gasteiger charge is 2.36. The molecule has 0 radical (unpaired) electrons. The minimum atomic E-state index is -4.75. The third kappa shape index (κ3) is 4.64. The number of benzene rings is 1. The van der Waals surface area contributed by atoms with E-state index in [1.54, 1.807) is 0 Å². The molecule has 2 rings (SSSR count). The van der Waals surface area contributed by atoms with Crippen LogP contribution < -0.4 is 5.14 Å². The highest BCUT2D eigenvalue weighted by Crippen LogP contribution is 2.34. The van der Waals surface area contributed by atoms with Crippen LogP contribution in [0.15, 0.2) is 18.2 Å². The van der Waals surface area contributed by atoms with Crippen LogP contribution in [-0.2, 0) is 27.5 Å². The van der Waals surface area contributed by atoms with E-state index in [0.29, 0.717) is 6.07 Å². The lowest BCUT2D eigenvalue weighted by Crippen LogP contribution is -2.28. The van der Waals surface area contributed by atoms with Crippen molar-refractivity contribution in [1.29, 1.82) is 0 Å². The van der Waals surface area contributed by atoms with Gasteiger partial charge in [-0.3, -0.25) is 4.79 Å². The summed E-state index contributed by atoms with van der Waals surface area (Å²) in [4.78, 5) is 13.0. The van der Waals surface area contributed by atoms with Crippen LogP contribution in [0.25, 0.3) is 0 Å². The summed E-state index contributed by atoms with van der Waals surface area (Å²) in [5.41, 5.74) is -1.40. The van der Waals surface area contributed by atoms with Gasteiger partial charge in [0, 0.05) is 25.4 Å². The number of carbonyl (C=O) groups is 1. The average Bonchev–Trinajstić information content (AvgIpc) is 2.68. The molecule has 0 aromatic heterocycles. The van der Waals surface area contributed by atoms with Crippen molar-refractivity contribution in [2.45, 2.75) is 19.1 Å². The van der Waals surface area contributed by atoms with Crippen LogP contribution in [0.4, 0.5) is 17.6 Å². The third-order valence-electron chi connectivity index (χ3n) is 3.50. The number of primary sulfonamides is 1. The van der Waals surface area contributed by atoms with Crippen molar-refractivity contribution < 1.29 is 30.8 Å². The van der Waals surface area contributed by atoms with E-state index in [4.69, 9.17) is 5.14 Å². The minimum Gasteiger partial charge on any atom is -0.338 e. The van der Waals surface area contributed by atoms with E-state index in [1.807, 2.05) is 0 Å². The molecule has 0 spiro atoms. The van der Waals surface area contributed by atoms with Gasteiger partial charge in [0.25, 0.3) is 0 Å². The second-order valence-electron chi connectivity index (χ2n) is 5.47. The van der Waals surface area contributed by atoms with Crippen LogP contribution in [0.3, 0.4) is 0 Å². The van der Waals surface area contributed by atoms with Crippen LogP contribution in [0.1, 0.15) is 17.5 Å².